The van der Waals surface area contributed by atoms with Gasteiger partial charge in [-0.2, -0.15) is 10.2 Å². The number of aromatic nitrogens is 2. The maximum Gasteiger partial charge on any atom is 0.225 e. The highest BCUT2D eigenvalue weighted by atomic mass is 79.9. The van der Waals surface area contributed by atoms with E-state index in [9.17, 15) is 0 Å². The molecule has 1 aromatic heterocycles. The Morgan fingerprint density at radius 2 is 1.83 bits per heavy atom. The number of nitrogens with zero attached hydrogens (tertiary/aromatic N) is 3. The number of hydrogen-bond donors (Lipinski definition) is 1. The second kappa shape index (κ2) is 5.53. The summed E-state index contributed by atoms with van der Waals surface area (Å²) < 4.78 is 0.951. The molecule has 2 rings (SSSR count). The molecule has 0 unspecified atom stereocenters. The molecule has 2 aromatic rings. The van der Waals surface area contributed by atoms with Crippen molar-refractivity contribution in [2.24, 2.45) is 0 Å². The van der Waals surface area contributed by atoms with E-state index in [1.54, 1.807) is 0 Å². The Morgan fingerprint density at radius 3 is 2.44 bits per heavy atom. The van der Waals surface area contributed by atoms with E-state index in [-0.39, 0.29) is 21.8 Å². The van der Waals surface area contributed by atoms with E-state index < -0.39 is 0 Å². The second-order valence-corrected chi connectivity index (χ2v) is 4.86. The first-order valence-electron chi connectivity index (χ1n) is 4.76. The summed E-state index contributed by atoms with van der Waals surface area (Å²) in [6.45, 7) is 0. The highest BCUT2D eigenvalue weighted by molar-refractivity contribution is 9.10. The third-order valence-corrected chi connectivity index (χ3v) is 3.03. The summed E-state index contributed by atoms with van der Waals surface area (Å²) in [5.74, 6) is 0.282. The smallest absolute Gasteiger partial charge is 0.225 e. The second-order valence-electron chi connectivity index (χ2n) is 3.25. The SMILES string of the molecule is N#Cc1c(Cl)nc(Cl)nc1Nc1ccc(Br)cc1. The van der Waals surface area contributed by atoms with Crippen molar-refractivity contribution in [2.75, 3.05) is 5.32 Å². The zero-order valence-electron chi connectivity index (χ0n) is 8.78. The van der Waals surface area contributed by atoms with Crippen LogP contribution in [-0.2, 0) is 0 Å². The van der Waals surface area contributed by atoms with E-state index >= 15 is 0 Å². The zero-order valence-corrected chi connectivity index (χ0v) is 11.9. The summed E-state index contributed by atoms with van der Waals surface area (Å²) in [7, 11) is 0. The van der Waals surface area contributed by atoms with Gasteiger partial charge in [-0.3, -0.25) is 0 Å². The lowest BCUT2D eigenvalue weighted by atomic mass is 10.3. The molecule has 0 fully saturated rings. The average molecular weight is 344 g/mol. The maximum absolute atomic E-state index is 9.01. The predicted octanol–water partition coefficient (Wildman–Crippen LogP) is 4.16. The third kappa shape index (κ3) is 2.91. The Morgan fingerprint density at radius 1 is 1.17 bits per heavy atom. The Hall–Kier alpha value is -1.35. The van der Waals surface area contributed by atoms with Crippen LogP contribution < -0.4 is 5.32 Å². The maximum atomic E-state index is 9.01. The molecule has 4 nitrogen and oxygen atoms in total. The molecule has 0 amide bonds. The molecule has 0 saturated heterocycles. The summed E-state index contributed by atoms with van der Waals surface area (Å²) in [5.41, 5.74) is 0.921. The van der Waals surface area contributed by atoms with Gasteiger partial charge in [0.25, 0.3) is 0 Å². The quantitative estimate of drug-likeness (QED) is 0.656. The average Bonchev–Trinajstić information content (AvgIpc) is 2.32. The normalized spacial score (nSPS) is 9.89. The minimum Gasteiger partial charge on any atom is -0.339 e. The van der Waals surface area contributed by atoms with Crippen LogP contribution in [0.4, 0.5) is 11.5 Å². The van der Waals surface area contributed by atoms with Gasteiger partial charge < -0.3 is 5.32 Å². The van der Waals surface area contributed by atoms with Crippen molar-refractivity contribution in [1.29, 1.82) is 5.26 Å². The molecule has 90 valence electrons. The third-order valence-electron chi connectivity index (χ3n) is 2.06. The van der Waals surface area contributed by atoms with Gasteiger partial charge >= 0.3 is 0 Å². The molecule has 0 aliphatic rings. The van der Waals surface area contributed by atoms with Gasteiger partial charge in [0.2, 0.25) is 5.28 Å². The summed E-state index contributed by atoms with van der Waals surface area (Å²) in [6.07, 6.45) is 0. The first kappa shape index (κ1) is 13.1. The Balaban J connectivity index is 2.40. The Labute approximate surface area is 122 Å². The van der Waals surface area contributed by atoms with Crippen LogP contribution in [0.15, 0.2) is 28.7 Å². The highest BCUT2D eigenvalue weighted by Gasteiger charge is 2.12. The largest absolute Gasteiger partial charge is 0.339 e. The van der Waals surface area contributed by atoms with Gasteiger partial charge in [-0.25, -0.2) is 4.98 Å². The fourth-order valence-corrected chi connectivity index (χ4v) is 1.96. The number of halogens is 3. The van der Waals surface area contributed by atoms with Crippen molar-refractivity contribution < 1.29 is 0 Å². The van der Waals surface area contributed by atoms with Crippen molar-refractivity contribution in [1.82, 2.24) is 9.97 Å². The fraction of sp³-hybridized carbons (Fsp3) is 0. The van der Waals surface area contributed by atoms with Crippen LogP contribution in [0.1, 0.15) is 5.56 Å². The molecule has 0 atom stereocenters. The van der Waals surface area contributed by atoms with E-state index in [0.29, 0.717) is 0 Å². The predicted molar refractivity (Wildman–Crippen MR) is 74.2 cm³/mol. The molecular formula is C11H5BrCl2N4. The van der Waals surface area contributed by atoms with Crippen LogP contribution in [-0.4, -0.2) is 9.97 Å². The molecule has 0 radical (unpaired) electrons. The highest BCUT2D eigenvalue weighted by Crippen LogP contribution is 2.25. The minimum atomic E-state index is -0.0152. The molecule has 1 N–H and O–H groups in total. The first-order valence-corrected chi connectivity index (χ1v) is 6.31. The molecular weight excluding hydrogens is 339 g/mol. The molecule has 0 aliphatic heterocycles. The summed E-state index contributed by atoms with van der Waals surface area (Å²) in [6, 6.07) is 9.31. The van der Waals surface area contributed by atoms with E-state index in [0.717, 1.165) is 10.2 Å². The van der Waals surface area contributed by atoms with E-state index in [4.69, 9.17) is 28.5 Å². The van der Waals surface area contributed by atoms with Crippen LogP contribution in [0.5, 0.6) is 0 Å². The molecule has 0 spiro atoms. The molecule has 0 bridgehead atoms. The van der Waals surface area contributed by atoms with Crippen LogP contribution >= 0.6 is 39.1 Å². The van der Waals surface area contributed by atoms with E-state index in [1.165, 1.54) is 0 Å². The number of hydrogen-bond acceptors (Lipinski definition) is 4. The van der Waals surface area contributed by atoms with Gasteiger partial charge in [0.15, 0.2) is 11.0 Å². The summed E-state index contributed by atoms with van der Waals surface area (Å²) in [5, 5.41) is 12.0. The lowest BCUT2D eigenvalue weighted by molar-refractivity contribution is 1.15. The fourth-order valence-electron chi connectivity index (χ4n) is 1.27. The van der Waals surface area contributed by atoms with Gasteiger partial charge in [0.05, 0.1) is 0 Å². The number of rotatable bonds is 2. The zero-order chi connectivity index (χ0) is 13.1. The number of nitrogens with one attached hydrogen (secondary N) is 1. The van der Waals surface area contributed by atoms with Gasteiger partial charge in [0.1, 0.15) is 11.6 Å². The van der Waals surface area contributed by atoms with Gasteiger partial charge in [-0.05, 0) is 35.9 Å². The van der Waals surface area contributed by atoms with Gasteiger partial charge in [-0.1, -0.05) is 27.5 Å². The van der Waals surface area contributed by atoms with E-state index in [2.05, 4.69) is 31.2 Å². The standard InChI is InChI=1S/C11H5BrCl2N4/c12-6-1-3-7(4-2-6)16-10-8(5-15)9(13)17-11(14)18-10/h1-4H,(H,16,17,18). The molecule has 18 heavy (non-hydrogen) atoms. The Kier molecular flexibility index (Phi) is 4.02. The molecule has 1 aromatic carbocycles. The van der Waals surface area contributed by atoms with Crippen molar-refractivity contribution in [3.8, 4) is 6.07 Å². The summed E-state index contributed by atoms with van der Waals surface area (Å²) in [4.78, 5) is 7.66. The van der Waals surface area contributed by atoms with Crippen molar-refractivity contribution in [3.63, 3.8) is 0 Å². The lowest BCUT2D eigenvalue weighted by Crippen LogP contribution is -2.00. The topological polar surface area (TPSA) is 61.6 Å². The molecule has 1 heterocycles. The van der Waals surface area contributed by atoms with Gasteiger partial charge in [0, 0.05) is 10.2 Å². The molecule has 7 heteroatoms. The summed E-state index contributed by atoms with van der Waals surface area (Å²) >= 11 is 14.9. The first-order chi connectivity index (χ1) is 8.60. The van der Waals surface area contributed by atoms with Gasteiger partial charge in [-0.15, -0.1) is 0 Å². The van der Waals surface area contributed by atoms with Crippen LogP contribution in [0.3, 0.4) is 0 Å². The van der Waals surface area contributed by atoms with Crippen molar-refractivity contribution in [2.45, 2.75) is 0 Å². The number of anilines is 2. The van der Waals surface area contributed by atoms with Crippen LogP contribution in [0, 0.1) is 11.3 Å². The molecule has 0 saturated carbocycles. The number of benzene rings is 1. The van der Waals surface area contributed by atoms with Crippen LogP contribution in [0.25, 0.3) is 0 Å². The van der Waals surface area contributed by atoms with Crippen molar-refractivity contribution in [3.05, 3.63) is 44.7 Å². The number of nitriles is 1. The van der Waals surface area contributed by atoms with Crippen molar-refractivity contribution >= 4 is 50.6 Å². The Bertz CT molecular complexity index is 622. The minimum absolute atomic E-state index is 0.0152. The van der Waals surface area contributed by atoms with Crippen LogP contribution in [0.2, 0.25) is 10.4 Å². The van der Waals surface area contributed by atoms with E-state index in [1.807, 2.05) is 30.3 Å². The lowest BCUT2D eigenvalue weighted by Gasteiger charge is -2.08. The monoisotopic (exact) mass is 342 g/mol. The molecule has 0 aliphatic carbocycles.